The molecule has 3 heteroatoms. The molecule has 3 atom stereocenters. The summed E-state index contributed by atoms with van der Waals surface area (Å²) in [6.07, 6.45) is 8.39. The number of hydrogen-bond acceptors (Lipinski definition) is 2. The fourth-order valence-electron chi connectivity index (χ4n) is 2.84. The van der Waals surface area contributed by atoms with Crippen molar-refractivity contribution < 1.29 is 0 Å². The highest BCUT2D eigenvalue weighted by Crippen LogP contribution is 2.36. The first-order valence-corrected chi connectivity index (χ1v) is 6.26. The minimum Gasteiger partial charge on any atom is -0.338 e. The normalized spacial score (nSPS) is 35.2. The van der Waals surface area contributed by atoms with Crippen molar-refractivity contribution in [3.05, 3.63) is 18.2 Å². The second-order valence-corrected chi connectivity index (χ2v) is 5.64. The molecule has 0 aromatic carbocycles. The minimum absolute atomic E-state index is 0.0500. The first kappa shape index (κ1) is 11.6. The molecule has 1 aromatic rings. The standard InChI is InChI=1S/C13H23N3/c1-10-4-5-13(14,11(2)8-10)9-12-15-6-7-16(12)3/h6-7,10-11H,4-5,8-9,14H2,1-3H3. The summed E-state index contributed by atoms with van der Waals surface area (Å²) >= 11 is 0. The van der Waals surface area contributed by atoms with Gasteiger partial charge in [0.2, 0.25) is 0 Å². The quantitative estimate of drug-likeness (QED) is 0.831. The van der Waals surface area contributed by atoms with Gasteiger partial charge >= 0.3 is 0 Å². The maximum absolute atomic E-state index is 6.57. The molecule has 1 fully saturated rings. The molecular weight excluding hydrogens is 198 g/mol. The van der Waals surface area contributed by atoms with Gasteiger partial charge in [-0.05, 0) is 31.1 Å². The Hall–Kier alpha value is -0.830. The van der Waals surface area contributed by atoms with Crippen LogP contribution < -0.4 is 5.73 Å². The topological polar surface area (TPSA) is 43.8 Å². The fraction of sp³-hybridized carbons (Fsp3) is 0.769. The van der Waals surface area contributed by atoms with Crippen molar-refractivity contribution in [1.82, 2.24) is 9.55 Å². The number of hydrogen-bond donors (Lipinski definition) is 1. The average molecular weight is 221 g/mol. The van der Waals surface area contributed by atoms with E-state index in [1.807, 2.05) is 19.4 Å². The number of nitrogens with zero attached hydrogens (tertiary/aromatic N) is 2. The van der Waals surface area contributed by atoms with E-state index in [2.05, 4.69) is 23.4 Å². The van der Waals surface area contributed by atoms with Gasteiger partial charge in [0, 0.05) is 31.4 Å². The largest absolute Gasteiger partial charge is 0.338 e. The van der Waals surface area contributed by atoms with Gasteiger partial charge in [0.15, 0.2) is 0 Å². The first-order valence-electron chi connectivity index (χ1n) is 6.26. The van der Waals surface area contributed by atoms with Crippen LogP contribution in [0.15, 0.2) is 12.4 Å². The maximum Gasteiger partial charge on any atom is 0.110 e. The van der Waals surface area contributed by atoms with E-state index in [1.165, 1.54) is 12.8 Å². The number of nitrogens with two attached hydrogens (primary N) is 1. The number of aromatic nitrogens is 2. The summed E-state index contributed by atoms with van der Waals surface area (Å²) in [5, 5.41) is 0. The van der Waals surface area contributed by atoms with E-state index in [4.69, 9.17) is 5.73 Å². The van der Waals surface area contributed by atoms with Crippen LogP contribution in [0.1, 0.15) is 38.9 Å². The molecule has 1 aromatic heterocycles. The number of rotatable bonds is 2. The second kappa shape index (κ2) is 4.21. The van der Waals surface area contributed by atoms with Crippen LogP contribution in [0.25, 0.3) is 0 Å². The third-order valence-electron chi connectivity index (χ3n) is 4.25. The van der Waals surface area contributed by atoms with Crippen molar-refractivity contribution >= 4 is 0 Å². The van der Waals surface area contributed by atoms with Gasteiger partial charge in [0.1, 0.15) is 5.82 Å². The minimum atomic E-state index is -0.0500. The van der Waals surface area contributed by atoms with Crippen LogP contribution in [-0.4, -0.2) is 15.1 Å². The van der Waals surface area contributed by atoms with Gasteiger partial charge < -0.3 is 10.3 Å². The average Bonchev–Trinajstić information content (AvgIpc) is 2.60. The molecule has 90 valence electrons. The molecule has 2 rings (SSSR count). The Bertz CT molecular complexity index is 358. The Kier molecular flexibility index (Phi) is 3.06. The molecule has 3 unspecified atom stereocenters. The van der Waals surface area contributed by atoms with E-state index < -0.39 is 0 Å². The van der Waals surface area contributed by atoms with E-state index in [-0.39, 0.29) is 5.54 Å². The Balaban J connectivity index is 2.11. The van der Waals surface area contributed by atoms with E-state index in [9.17, 15) is 0 Å². The summed E-state index contributed by atoms with van der Waals surface area (Å²) in [4.78, 5) is 4.39. The molecule has 0 radical (unpaired) electrons. The lowest BCUT2D eigenvalue weighted by Gasteiger charge is -2.41. The molecule has 0 spiro atoms. The molecule has 0 saturated heterocycles. The molecule has 1 aliphatic carbocycles. The van der Waals surface area contributed by atoms with Crippen LogP contribution in [0.4, 0.5) is 0 Å². The van der Waals surface area contributed by atoms with E-state index in [0.717, 1.165) is 24.6 Å². The van der Waals surface area contributed by atoms with Crippen LogP contribution in [0.2, 0.25) is 0 Å². The Morgan fingerprint density at radius 2 is 2.31 bits per heavy atom. The molecule has 3 nitrogen and oxygen atoms in total. The lowest BCUT2D eigenvalue weighted by Crippen LogP contribution is -2.51. The third kappa shape index (κ3) is 2.14. The number of aryl methyl sites for hydroxylation is 1. The molecule has 0 bridgehead atoms. The summed E-state index contributed by atoms with van der Waals surface area (Å²) in [5.74, 6) is 2.53. The molecule has 0 amide bonds. The Labute approximate surface area is 98.1 Å². The van der Waals surface area contributed by atoms with Crippen molar-refractivity contribution in [1.29, 1.82) is 0 Å². The number of imidazole rings is 1. The third-order valence-corrected chi connectivity index (χ3v) is 4.25. The van der Waals surface area contributed by atoms with Crippen LogP contribution in [0.5, 0.6) is 0 Å². The van der Waals surface area contributed by atoms with Gasteiger partial charge in [-0.25, -0.2) is 4.98 Å². The van der Waals surface area contributed by atoms with Crippen LogP contribution in [0.3, 0.4) is 0 Å². The monoisotopic (exact) mass is 221 g/mol. The van der Waals surface area contributed by atoms with E-state index in [1.54, 1.807) is 0 Å². The molecule has 16 heavy (non-hydrogen) atoms. The molecule has 1 aliphatic rings. The van der Waals surface area contributed by atoms with Gasteiger partial charge in [-0.1, -0.05) is 13.8 Å². The van der Waals surface area contributed by atoms with Gasteiger partial charge in [-0.3, -0.25) is 0 Å². The SMILES string of the molecule is CC1CCC(N)(Cc2nccn2C)C(C)C1. The Morgan fingerprint density at radius 1 is 1.56 bits per heavy atom. The zero-order valence-electron chi connectivity index (χ0n) is 10.6. The van der Waals surface area contributed by atoms with Gasteiger partial charge in [0.25, 0.3) is 0 Å². The fourth-order valence-corrected chi connectivity index (χ4v) is 2.84. The summed E-state index contributed by atoms with van der Waals surface area (Å²) in [6, 6.07) is 0. The molecular formula is C13H23N3. The van der Waals surface area contributed by atoms with Gasteiger partial charge in [-0.2, -0.15) is 0 Å². The lowest BCUT2D eigenvalue weighted by molar-refractivity contribution is 0.160. The summed E-state index contributed by atoms with van der Waals surface area (Å²) in [6.45, 7) is 4.62. The predicted octanol–water partition coefficient (Wildman–Crippen LogP) is 2.12. The molecule has 2 N–H and O–H groups in total. The molecule has 1 heterocycles. The summed E-state index contributed by atoms with van der Waals surface area (Å²) < 4.78 is 2.08. The zero-order chi connectivity index (χ0) is 11.8. The lowest BCUT2D eigenvalue weighted by atomic mass is 9.69. The van der Waals surface area contributed by atoms with Gasteiger partial charge in [0.05, 0.1) is 0 Å². The molecule has 0 aliphatic heterocycles. The van der Waals surface area contributed by atoms with Crippen LogP contribution >= 0.6 is 0 Å². The highest BCUT2D eigenvalue weighted by Gasteiger charge is 2.37. The maximum atomic E-state index is 6.57. The second-order valence-electron chi connectivity index (χ2n) is 5.64. The van der Waals surface area contributed by atoms with Crippen molar-refractivity contribution in [2.24, 2.45) is 24.6 Å². The van der Waals surface area contributed by atoms with Gasteiger partial charge in [-0.15, -0.1) is 0 Å². The van der Waals surface area contributed by atoms with E-state index >= 15 is 0 Å². The first-order chi connectivity index (χ1) is 7.51. The highest BCUT2D eigenvalue weighted by molar-refractivity contribution is 5.04. The van der Waals surface area contributed by atoms with Crippen molar-refractivity contribution in [2.45, 2.75) is 45.1 Å². The predicted molar refractivity (Wildman–Crippen MR) is 66.0 cm³/mol. The molecule has 1 saturated carbocycles. The van der Waals surface area contributed by atoms with Crippen molar-refractivity contribution in [2.75, 3.05) is 0 Å². The summed E-state index contributed by atoms with van der Waals surface area (Å²) in [5.41, 5.74) is 6.52. The Morgan fingerprint density at radius 3 is 2.88 bits per heavy atom. The highest BCUT2D eigenvalue weighted by atomic mass is 15.0. The summed E-state index contributed by atoms with van der Waals surface area (Å²) in [7, 11) is 2.04. The van der Waals surface area contributed by atoms with Crippen molar-refractivity contribution in [3.63, 3.8) is 0 Å². The van der Waals surface area contributed by atoms with Crippen molar-refractivity contribution in [3.8, 4) is 0 Å². The van der Waals surface area contributed by atoms with E-state index in [0.29, 0.717) is 5.92 Å². The van der Waals surface area contributed by atoms with Crippen LogP contribution in [0, 0.1) is 11.8 Å². The zero-order valence-corrected chi connectivity index (χ0v) is 10.6. The van der Waals surface area contributed by atoms with Crippen LogP contribution in [-0.2, 0) is 13.5 Å². The smallest absolute Gasteiger partial charge is 0.110 e.